The van der Waals surface area contributed by atoms with Crippen molar-refractivity contribution in [3.63, 3.8) is 0 Å². The Morgan fingerprint density at radius 2 is 2.16 bits per heavy atom. The Morgan fingerprint density at radius 1 is 1.44 bits per heavy atom. The molecule has 0 spiro atoms. The minimum atomic E-state index is -0.376. The zero-order chi connectivity index (χ0) is 18.0. The maximum atomic E-state index is 12.1. The molecule has 1 saturated carbocycles. The molecule has 2 aromatic rings. The quantitative estimate of drug-likeness (QED) is 0.640. The van der Waals surface area contributed by atoms with Gasteiger partial charge in [0.25, 0.3) is 5.91 Å². The second-order valence-corrected chi connectivity index (χ2v) is 6.72. The van der Waals surface area contributed by atoms with Crippen LogP contribution in [-0.2, 0) is 11.3 Å². The molecule has 0 unspecified atom stereocenters. The summed E-state index contributed by atoms with van der Waals surface area (Å²) in [6.07, 6.45) is 3.41. The normalized spacial score (nSPS) is 14.2. The van der Waals surface area contributed by atoms with E-state index in [-0.39, 0.29) is 17.5 Å². The van der Waals surface area contributed by atoms with E-state index in [1.807, 2.05) is 24.3 Å². The number of aryl methyl sites for hydroxylation is 1. The molecule has 0 radical (unpaired) electrons. The number of nitrogens with zero attached hydrogens (tertiary/aromatic N) is 3. The van der Waals surface area contributed by atoms with E-state index in [2.05, 4.69) is 10.4 Å². The van der Waals surface area contributed by atoms with Gasteiger partial charge in [0.15, 0.2) is 0 Å². The third kappa shape index (κ3) is 4.04. The standard InChI is InChI=1S/C18H16Cl2N4O/c1-11-15(8-13(9-21)18(25)22-14-6-7-14)17(20)24(23-11)10-12-4-2-3-5-16(12)19/h2-5,8,14H,6-7,10H2,1H3,(H,22,25)/b13-8+. The van der Waals surface area contributed by atoms with Crippen molar-refractivity contribution in [1.82, 2.24) is 15.1 Å². The Hall–Kier alpha value is -2.29. The minimum Gasteiger partial charge on any atom is -0.349 e. The molecule has 0 aliphatic heterocycles. The molecule has 5 nitrogen and oxygen atoms in total. The molecule has 0 bridgehead atoms. The summed E-state index contributed by atoms with van der Waals surface area (Å²) < 4.78 is 1.61. The highest BCUT2D eigenvalue weighted by Gasteiger charge is 2.25. The van der Waals surface area contributed by atoms with Gasteiger partial charge in [-0.3, -0.25) is 4.79 Å². The largest absolute Gasteiger partial charge is 0.349 e. The van der Waals surface area contributed by atoms with Gasteiger partial charge in [-0.25, -0.2) is 4.68 Å². The van der Waals surface area contributed by atoms with E-state index in [9.17, 15) is 10.1 Å². The fraction of sp³-hybridized carbons (Fsp3) is 0.278. The summed E-state index contributed by atoms with van der Waals surface area (Å²) in [6, 6.07) is 9.57. The molecule has 1 aliphatic carbocycles. The maximum Gasteiger partial charge on any atom is 0.262 e. The van der Waals surface area contributed by atoms with Crippen LogP contribution in [0.25, 0.3) is 6.08 Å². The summed E-state index contributed by atoms with van der Waals surface area (Å²) in [4.78, 5) is 12.1. The molecule has 25 heavy (non-hydrogen) atoms. The lowest BCUT2D eigenvalue weighted by Gasteiger charge is -2.05. The van der Waals surface area contributed by atoms with Crippen LogP contribution in [-0.4, -0.2) is 21.7 Å². The third-order valence-electron chi connectivity index (χ3n) is 3.95. The fourth-order valence-corrected chi connectivity index (χ4v) is 2.89. The zero-order valence-corrected chi connectivity index (χ0v) is 15.1. The van der Waals surface area contributed by atoms with Crippen LogP contribution in [0.5, 0.6) is 0 Å². The van der Waals surface area contributed by atoms with Crippen molar-refractivity contribution in [2.75, 3.05) is 0 Å². The molecular formula is C18H16Cl2N4O. The fourth-order valence-electron chi connectivity index (χ4n) is 2.41. The van der Waals surface area contributed by atoms with Crippen LogP contribution in [0, 0.1) is 18.3 Å². The summed E-state index contributed by atoms with van der Waals surface area (Å²) in [7, 11) is 0. The molecule has 7 heteroatoms. The van der Waals surface area contributed by atoms with Gasteiger partial charge < -0.3 is 5.32 Å². The van der Waals surface area contributed by atoms with E-state index in [4.69, 9.17) is 23.2 Å². The number of hydrogen-bond acceptors (Lipinski definition) is 3. The van der Waals surface area contributed by atoms with Crippen LogP contribution in [0.1, 0.15) is 29.7 Å². The SMILES string of the molecule is Cc1nn(Cc2ccccc2Cl)c(Cl)c1/C=C(\C#N)C(=O)NC1CC1. The summed E-state index contributed by atoms with van der Waals surface area (Å²) in [6.45, 7) is 2.19. The average Bonchev–Trinajstić information content (AvgIpc) is 3.35. The number of aromatic nitrogens is 2. The number of hydrogen-bond donors (Lipinski definition) is 1. The van der Waals surface area contributed by atoms with E-state index in [0.717, 1.165) is 18.4 Å². The highest BCUT2D eigenvalue weighted by atomic mass is 35.5. The topological polar surface area (TPSA) is 70.7 Å². The molecule has 1 aliphatic rings. The number of carbonyl (C=O) groups is 1. The number of halogens is 2. The summed E-state index contributed by atoms with van der Waals surface area (Å²) >= 11 is 12.6. The van der Waals surface area contributed by atoms with Gasteiger partial charge in [0.05, 0.1) is 12.2 Å². The van der Waals surface area contributed by atoms with Gasteiger partial charge in [-0.1, -0.05) is 41.4 Å². The van der Waals surface area contributed by atoms with E-state index < -0.39 is 0 Å². The smallest absolute Gasteiger partial charge is 0.262 e. The van der Waals surface area contributed by atoms with Crippen LogP contribution in [0.2, 0.25) is 10.2 Å². The molecule has 3 rings (SSSR count). The number of amides is 1. The molecule has 128 valence electrons. The molecular weight excluding hydrogens is 359 g/mol. The maximum absolute atomic E-state index is 12.1. The first-order valence-electron chi connectivity index (χ1n) is 7.88. The van der Waals surface area contributed by atoms with Gasteiger partial charge in [0, 0.05) is 16.6 Å². The van der Waals surface area contributed by atoms with Gasteiger partial charge in [0.2, 0.25) is 0 Å². The summed E-state index contributed by atoms with van der Waals surface area (Å²) in [5, 5.41) is 17.5. The van der Waals surface area contributed by atoms with Crippen molar-refractivity contribution in [3.8, 4) is 6.07 Å². The predicted octanol–water partition coefficient (Wildman–Crippen LogP) is 3.73. The van der Waals surface area contributed by atoms with Gasteiger partial charge >= 0.3 is 0 Å². The molecule has 1 N–H and O–H groups in total. The Bertz CT molecular complexity index is 891. The lowest BCUT2D eigenvalue weighted by Crippen LogP contribution is -2.26. The molecule has 1 aromatic heterocycles. The number of rotatable bonds is 5. The summed E-state index contributed by atoms with van der Waals surface area (Å²) in [5.74, 6) is -0.376. The van der Waals surface area contributed by atoms with Crippen LogP contribution < -0.4 is 5.32 Å². The molecule has 0 atom stereocenters. The van der Waals surface area contributed by atoms with Crippen molar-refractivity contribution in [3.05, 3.63) is 56.8 Å². The second kappa shape index (κ2) is 7.30. The lowest BCUT2D eigenvalue weighted by atomic mass is 10.1. The third-order valence-corrected chi connectivity index (χ3v) is 4.72. The van der Waals surface area contributed by atoms with Crippen molar-refractivity contribution in [2.24, 2.45) is 0 Å². The molecule has 1 aromatic carbocycles. The van der Waals surface area contributed by atoms with Gasteiger partial charge in [0.1, 0.15) is 16.8 Å². The average molecular weight is 375 g/mol. The van der Waals surface area contributed by atoms with Crippen molar-refractivity contribution in [2.45, 2.75) is 32.4 Å². The molecule has 1 amide bonds. The first-order chi connectivity index (χ1) is 12.0. The van der Waals surface area contributed by atoms with E-state index in [1.165, 1.54) is 6.08 Å². The van der Waals surface area contributed by atoms with E-state index in [0.29, 0.717) is 28.0 Å². The van der Waals surface area contributed by atoms with E-state index >= 15 is 0 Å². The Kier molecular flexibility index (Phi) is 5.12. The monoisotopic (exact) mass is 374 g/mol. The Balaban J connectivity index is 1.88. The highest BCUT2D eigenvalue weighted by molar-refractivity contribution is 6.32. The number of nitrogens with one attached hydrogen (secondary N) is 1. The van der Waals surface area contributed by atoms with Crippen molar-refractivity contribution < 1.29 is 4.79 Å². The Labute approximate surface area is 155 Å². The van der Waals surface area contributed by atoms with Gasteiger partial charge in [-0.05, 0) is 37.5 Å². The number of carbonyl (C=O) groups excluding carboxylic acids is 1. The van der Waals surface area contributed by atoms with Gasteiger partial charge in [-0.15, -0.1) is 0 Å². The van der Waals surface area contributed by atoms with Crippen molar-refractivity contribution in [1.29, 1.82) is 5.26 Å². The number of nitriles is 1. The predicted molar refractivity (Wildman–Crippen MR) is 97.3 cm³/mol. The first kappa shape index (κ1) is 17.5. The van der Waals surface area contributed by atoms with Crippen LogP contribution in [0.15, 0.2) is 29.8 Å². The molecule has 1 fully saturated rings. The summed E-state index contributed by atoms with van der Waals surface area (Å²) in [5.41, 5.74) is 2.12. The number of benzene rings is 1. The van der Waals surface area contributed by atoms with Gasteiger partial charge in [-0.2, -0.15) is 10.4 Å². The molecule has 1 heterocycles. The zero-order valence-electron chi connectivity index (χ0n) is 13.6. The lowest BCUT2D eigenvalue weighted by molar-refractivity contribution is -0.117. The van der Waals surface area contributed by atoms with Crippen molar-refractivity contribution >= 4 is 35.2 Å². The second-order valence-electron chi connectivity index (χ2n) is 5.96. The molecule has 0 saturated heterocycles. The Morgan fingerprint density at radius 3 is 2.80 bits per heavy atom. The van der Waals surface area contributed by atoms with Crippen LogP contribution in [0.4, 0.5) is 0 Å². The van der Waals surface area contributed by atoms with Crippen LogP contribution in [0.3, 0.4) is 0 Å². The minimum absolute atomic E-state index is 0.0224. The van der Waals surface area contributed by atoms with E-state index in [1.54, 1.807) is 17.7 Å². The highest BCUT2D eigenvalue weighted by Crippen LogP contribution is 2.26. The van der Waals surface area contributed by atoms with Crippen LogP contribution >= 0.6 is 23.2 Å². The first-order valence-corrected chi connectivity index (χ1v) is 8.64.